The summed E-state index contributed by atoms with van der Waals surface area (Å²) in [5.74, 6) is 1.62. The zero-order chi connectivity index (χ0) is 24.6. The molecule has 1 aromatic heterocycles. The minimum atomic E-state index is -0.428. The van der Waals surface area contributed by atoms with Gasteiger partial charge in [0.15, 0.2) is 11.5 Å². The molecule has 2 aromatic carbocycles. The van der Waals surface area contributed by atoms with Gasteiger partial charge >= 0.3 is 6.03 Å². The average Bonchev–Trinajstić information content (AvgIpc) is 2.84. The van der Waals surface area contributed by atoms with E-state index in [1.807, 2.05) is 0 Å². The Balaban J connectivity index is 1.31. The summed E-state index contributed by atoms with van der Waals surface area (Å²) >= 11 is 0. The number of anilines is 2. The van der Waals surface area contributed by atoms with Gasteiger partial charge in [-0.05, 0) is 61.7 Å². The molecule has 0 atom stereocenters. The van der Waals surface area contributed by atoms with Crippen LogP contribution in [-0.2, 0) is 4.84 Å². The van der Waals surface area contributed by atoms with Gasteiger partial charge in [0, 0.05) is 29.7 Å². The molecule has 3 amide bonds. The minimum absolute atomic E-state index is 0.0756. The fourth-order valence-electron chi connectivity index (χ4n) is 3.23. The Morgan fingerprint density at radius 3 is 2.26 bits per heavy atom. The molecule has 0 radical (unpaired) electrons. The van der Waals surface area contributed by atoms with Crippen LogP contribution in [0.1, 0.15) is 29.8 Å². The number of hydrogen-bond donors (Lipinski definition) is 3. The first-order valence-corrected chi connectivity index (χ1v) is 11.0. The molecular formula is C25H26N4O6. The van der Waals surface area contributed by atoms with Crippen molar-refractivity contribution in [3.63, 3.8) is 0 Å². The number of ether oxygens (including phenoxy) is 3. The maximum atomic E-state index is 12.4. The van der Waals surface area contributed by atoms with Crippen LogP contribution in [0.3, 0.4) is 0 Å². The highest BCUT2D eigenvalue weighted by molar-refractivity contribution is 6.00. The smallest absolute Gasteiger partial charge is 0.323 e. The molecule has 1 aliphatic rings. The summed E-state index contributed by atoms with van der Waals surface area (Å²) in [7, 11) is 3.07. The van der Waals surface area contributed by atoms with E-state index in [1.165, 1.54) is 19.4 Å². The second-order valence-electron chi connectivity index (χ2n) is 7.75. The van der Waals surface area contributed by atoms with Crippen molar-refractivity contribution in [2.24, 2.45) is 0 Å². The quantitative estimate of drug-likeness (QED) is 0.380. The Labute approximate surface area is 202 Å². The molecule has 1 saturated carbocycles. The molecule has 3 aromatic rings. The monoisotopic (exact) mass is 478 g/mol. The van der Waals surface area contributed by atoms with E-state index in [1.54, 1.807) is 55.6 Å². The van der Waals surface area contributed by atoms with E-state index < -0.39 is 11.9 Å². The third-order valence-electron chi connectivity index (χ3n) is 5.32. The van der Waals surface area contributed by atoms with Crippen molar-refractivity contribution in [2.45, 2.75) is 25.4 Å². The van der Waals surface area contributed by atoms with Crippen LogP contribution in [0.25, 0.3) is 0 Å². The number of hydrogen-bond acceptors (Lipinski definition) is 7. The summed E-state index contributed by atoms with van der Waals surface area (Å²) in [6.07, 6.45) is 4.56. The summed E-state index contributed by atoms with van der Waals surface area (Å²) in [5.41, 5.74) is 3.74. The van der Waals surface area contributed by atoms with Crippen molar-refractivity contribution in [1.82, 2.24) is 10.5 Å². The summed E-state index contributed by atoms with van der Waals surface area (Å²) < 4.78 is 16.3. The van der Waals surface area contributed by atoms with Crippen molar-refractivity contribution >= 4 is 23.3 Å². The molecule has 1 aliphatic carbocycles. The summed E-state index contributed by atoms with van der Waals surface area (Å²) in [6.45, 7) is 0. The van der Waals surface area contributed by atoms with Gasteiger partial charge in [0.2, 0.25) is 0 Å². The zero-order valence-electron chi connectivity index (χ0n) is 19.4. The first-order chi connectivity index (χ1) is 17.0. The first-order valence-electron chi connectivity index (χ1n) is 11.0. The molecule has 182 valence electrons. The molecule has 3 N–H and O–H groups in total. The van der Waals surface area contributed by atoms with Gasteiger partial charge in [-0.2, -0.15) is 0 Å². The Morgan fingerprint density at radius 1 is 0.857 bits per heavy atom. The van der Waals surface area contributed by atoms with E-state index in [2.05, 4.69) is 21.1 Å². The molecule has 0 saturated heterocycles. The third-order valence-corrected chi connectivity index (χ3v) is 5.32. The van der Waals surface area contributed by atoms with Crippen LogP contribution in [-0.4, -0.2) is 37.2 Å². The fraction of sp³-hybridized carbons (Fsp3) is 0.240. The lowest BCUT2D eigenvalue weighted by Crippen LogP contribution is -2.33. The number of carbonyl (C=O) groups is 2. The molecule has 10 heteroatoms. The van der Waals surface area contributed by atoms with Crippen LogP contribution in [0.15, 0.2) is 60.8 Å². The number of aromatic nitrogens is 1. The topological polar surface area (TPSA) is 120 Å². The molecule has 0 unspecified atom stereocenters. The van der Waals surface area contributed by atoms with Gasteiger partial charge in [0.05, 0.1) is 20.3 Å². The summed E-state index contributed by atoms with van der Waals surface area (Å²) in [4.78, 5) is 34.0. The fourth-order valence-corrected chi connectivity index (χ4v) is 3.23. The highest BCUT2D eigenvalue weighted by atomic mass is 16.7. The zero-order valence-corrected chi connectivity index (χ0v) is 19.4. The van der Waals surface area contributed by atoms with Gasteiger partial charge < -0.3 is 24.8 Å². The summed E-state index contributed by atoms with van der Waals surface area (Å²) in [6, 6.07) is 14.6. The Kier molecular flexibility index (Phi) is 7.63. The normalized spacial score (nSPS) is 12.7. The van der Waals surface area contributed by atoms with Gasteiger partial charge in [-0.1, -0.05) is 0 Å². The number of carbonyl (C=O) groups excluding carboxylic acids is 2. The SMILES string of the molecule is COc1ccc(NC(=O)Nc2ccc(Oc3ccnc(C(=O)NOC4CCC4)c3)cc2)cc1OC. The van der Waals surface area contributed by atoms with Crippen LogP contribution in [0.4, 0.5) is 16.2 Å². The van der Waals surface area contributed by atoms with E-state index in [9.17, 15) is 9.59 Å². The lowest BCUT2D eigenvalue weighted by molar-refractivity contribution is -0.0509. The Hall–Kier alpha value is -4.31. The van der Waals surface area contributed by atoms with E-state index in [-0.39, 0.29) is 11.8 Å². The lowest BCUT2D eigenvalue weighted by atomic mass is 9.97. The van der Waals surface area contributed by atoms with Crippen molar-refractivity contribution in [2.75, 3.05) is 24.9 Å². The van der Waals surface area contributed by atoms with Crippen LogP contribution in [0.2, 0.25) is 0 Å². The maximum Gasteiger partial charge on any atom is 0.323 e. The number of amides is 3. The largest absolute Gasteiger partial charge is 0.493 e. The number of nitrogens with zero attached hydrogens (tertiary/aromatic N) is 1. The molecule has 0 aliphatic heterocycles. The number of hydroxylamine groups is 1. The number of nitrogens with one attached hydrogen (secondary N) is 3. The van der Waals surface area contributed by atoms with Gasteiger partial charge in [-0.15, -0.1) is 0 Å². The van der Waals surface area contributed by atoms with E-state index in [4.69, 9.17) is 19.0 Å². The second-order valence-corrected chi connectivity index (χ2v) is 7.75. The number of benzene rings is 2. The van der Waals surface area contributed by atoms with Crippen molar-refractivity contribution in [3.8, 4) is 23.0 Å². The van der Waals surface area contributed by atoms with Crippen LogP contribution in [0, 0.1) is 0 Å². The van der Waals surface area contributed by atoms with Crippen molar-refractivity contribution in [1.29, 1.82) is 0 Å². The highest BCUT2D eigenvalue weighted by Crippen LogP contribution is 2.30. The number of rotatable bonds is 9. The predicted octanol–water partition coefficient (Wildman–Crippen LogP) is 4.75. The highest BCUT2D eigenvalue weighted by Gasteiger charge is 2.20. The van der Waals surface area contributed by atoms with Gasteiger partial charge in [0.1, 0.15) is 17.2 Å². The molecular weight excluding hydrogens is 452 g/mol. The first kappa shape index (κ1) is 23.8. The molecule has 1 fully saturated rings. The Morgan fingerprint density at radius 2 is 1.57 bits per heavy atom. The predicted molar refractivity (Wildman–Crippen MR) is 129 cm³/mol. The molecule has 4 rings (SSSR count). The molecule has 35 heavy (non-hydrogen) atoms. The van der Waals surface area contributed by atoms with Crippen LogP contribution < -0.4 is 30.3 Å². The van der Waals surface area contributed by atoms with E-state index in [0.29, 0.717) is 34.4 Å². The third kappa shape index (κ3) is 6.39. The number of urea groups is 1. The maximum absolute atomic E-state index is 12.4. The number of pyridine rings is 1. The van der Waals surface area contributed by atoms with Gasteiger partial charge in [-0.3, -0.25) is 14.6 Å². The van der Waals surface area contributed by atoms with Crippen LogP contribution >= 0.6 is 0 Å². The summed E-state index contributed by atoms with van der Waals surface area (Å²) in [5, 5.41) is 5.49. The molecule has 0 bridgehead atoms. The van der Waals surface area contributed by atoms with Gasteiger partial charge in [0.25, 0.3) is 5.91 Å². The van der Waals surface area contributed by atoms with Crippen molar-refractivity contribution in [3.05, 3.63) is 66.5 Å². The molecule has 10 nitrogen and oxygen atoms in total. The molecule has 1 heterocycles. The second kappa shape index (κ2) is 11.2. The average molecular weight is 479 g/mol. The van der Waals surface area contributed by atoms with E-state index >= 15 is 0 Å². The Bertz CT molecular complexity index is 1180. The standard InChI is InChI=1S/C25H26N4O6/c1-32-22-11-8-17(14-23(22)33-2)28-25(31)27-16-6-9-18(10-7-16)34-20-12-13-26-21(15-20)24(30)29-35-19-4-3-5-19/h6-15,19H,3-5H2,1-2H3,(H,29,30)(H2,27,28,31). The minimum Gasteiger partial charge on any atom is -0.493 e. The van der Waals surface area contributed by atoms with Gasteiger partial charge in [-0.25, -0.2) is 10.3 Å². The lowest BCUT2D eigenvalue weighted by Gasteiger charge is -2.24. The van der Waals surface area contributed by atoms with Crippen LogP contribution in [0.5, 0.6) is 23.0 Å². The van der Waals surface area contributed by atoms with E-state index in [0.717, 1.165) is 19.3 Å². The van der Waals surface area contributed by atoms with Crippen molar-refractivity contribution < 1.29 is 28.6 Å². The number of methoxy groups -OCH3 is 2. The molecule has 0 spiro atoms.